The Hall–Kier alpha value is -1.63. The van der Waals surface area contributed by atoms with Crippen LogP contribution >= 0.6 is 0 Å². The van der Waals surface area contributed by atoms with Gasteiger partial charge in [0.15, 0.2) is 5.96 Å². The highest BCUT2D eigenvalue weighted by Crippen LogP contribution is 2.23. The smallest absolute Gasteiger partial charge is 0.191 e. The van der Waals surface area contributed by atoms with Gasteiger partial charge in [-0.25, -0.2) is 4.99 Å². The monoisotopic (exact) mass is 389 g/mol. The van der Waals surface area contributed by atoms with Gasteiger partial charge in [0.05, 0.1) is 24.9 Å². The number of ether oxygens (including phenoxy) is 3. The summed E-state index contributed by atoms with van der Waals surface area (Å²) in [5, 5.41) is 6.74. The predicted octanol–water partition coefficient (Wildman–Crippen LogP) is 3.01. The fourth-order valence-electron chi connectivity index (χ4n) is 3.56. The summed E-state index contributed by atoms with van der Waals surface area (Å²) >= 11 is 0. The first-order chi connectivity index (χ1) is 13.7. The maximum absolute atomic E-state index is 5.99. The molecule has 2 aliphatic heterocycles. The van der Waals surface area contributed by atoms with E-state index in [1.165, 1.54) is 11.1 Å². The van der Waals surface area contributed by atoms with Crippen LogP contribution in [-0.2, 0) is 27.4 Å². The van der Waals surface area contributed by atoms with Gasteiger partial charge in [0.25, 0.3) is 0 Å². The molecule has 3 rings (SSSR count). The van der Waals surface area contributed by atoms with Crippen molar-refractivity contribution in [2.45, 2.75) is 64.4 Å². The van der Waals surface area contributed by atoms with Crippen LogP contribution in [-0.4, -0.2) is 50.6 Å². The minimum atomic E-state index is -0.0811. The van der Waals surface area contributed by atoms with Crippen LogP contribution in [0.4, 0.5) is 0 Å². The van der Waals surface area contributed by atoms with E-state index in [1.807, 2.05) is 0 Å². The van der Waals surface area contributed by atoms with E-state index in [0.29, 0.717) is 19.3 Å². The topological polar surface area (TPSA) is 64.1 Å². The Bertz CT molecular complexity index is 606. The highest BCUT2D eigenvalue weighted by molar-refractivity contribution is 5.79. The molecule has 1 atom stereocenters. The molecule has 0 spiro atoms. The highest BCUT2D eigenvalue weighted by Gasteiger charge is 2.29. The molecule has 0 bridgehead atoms. The van der Waals surface area contributed by atoms with Crippen molar-refractivity contribution in [2.75, 3.05) is 32.9 Å². The Morgan fingerprint density at radius 3 is 2.57 bits per heavy atom. The number of nitrogens with zero attached hydrogens (tertiary/aromatic N) is 1. The van der Waals surface area contributed by atoms with E-state index < -0.39 is 0 Å². The van der Waals surface area contributed by atoms with E-state index in [1.54, 1.807) is 0 Å². The summed E-state index contributed by atoms with van der Waals surface area (Å²) in [5.74, 6) is 0.839. The Morgan fingerprint density at radius 1 is 1.14 bits per heavy atom. The summed E-state index contributed by atoms with van der Waals surface area (Å²) in [4.78, 5) is 4.72. The molecule has 0 amide bonds. The lowest BCUT2D eigenvalue weighted by Crippen LogP contribution is -2.45. The number of nitrogens with one attached hydrogen (secondary N) is 2. The van der Waals surface area contributed by atoms with Gasteiger partial charge >= 0.3 is 0 Å². The van der Waals surface area contributed by atoms with Crippen molar-refractivity contribution in [2.24, 2.45) is 4.99 Å². The molecule has 28 heavy (non-hydrogen) atoms. The van der Waals surface area contributed by atoms with Crippen LogP contribution in [0, 0.1) is 0 Å². The van der Waals surface area contributed by atoms with Crippen LogP contribution in [0.1, 0.15) is 50.7 Å². The van der Waals surface area contributed by atoms with Gasteiger partial charge in [-0.2, -0.15) is 0 Å². The van der Waals surface area contributed by atoms with E-state index in [4.69, 9.17) is 19.2 Å². The average molecular weight is 390 g/mol. The zero-order valence-corrected chi connectivity index (χ0v) is 17.3. The zero-order chi connectivity index (χ0) is 19.7. The number of rotatable bonds is 8. The predicted molar refractivity (Wildman–Crippen MR) is 111 cm³/mol. The van der Waals surface area contributed by atoms with Crippen molar-refractivity contribution in [3.63, 3.8) is 0 Å². The molecule has 2 N–H and O–H groups in total. The van der Waals surface area contributed by atoms with Crippen LogP contribution in [0.15, 0.2) is 29.3 Å². The summed E-state index contributed by atoms with van der Waals surface area (Å²) in [6, 6.07) is 8.55. The molecule has 1 aromatic carbocycles. The van der Waals surface area contributed by atoms with Crippen LogP contribution < -0.4 is 10.6 Å². The minimum Gasteiger partial charge on any atom is -0.381 e. The SMILES string of the molecule is CCNC(=NCc1ccc(COC2CCOCC2)cc1)NCC1(C)CCCO1. The van der Waals surface area contributed by atoms with Gasteiger partial charge in [-0.3, -0.25) is 0 Å². The maximum Gasteiger partial charge on any atom is 0.191 e. The number of hydrogen-bond donors (Lipinski definition) is 2. The van der Waals surface area contributed by atoms with Crippen molar-refractivity contribution in [3.05, 3.63) is 35.4 Å². The quantitative estimate of drug-likeness (QED) is 0.529. The van der Waals surface area contributed by atoms with E-state index in [9.17, 15) is 0 Å². The molecule has 6 heteroatoms. The lowest BCUT2D eigenvalue weighted by Gasteiger charge is -2.24. The number of benzene rings is 1. The summed E-state index contributed by atoms with van der Waals surface area (Å²) in [5.41, 5.74) is 2.31. The molecule has 6 nitrogen and oxygen atoms in total. The number of aliphatic imine (C=N–C) groups is 1. The Morgan fingerprint density at radius 2 is 1.89 bits per heavy atom. The van der Waals surface area contributed by atoms with Crippen molar-refractivity contribution >= 4 is 5.96 Å². The van der Waals surface area contributed by atoms with Crippen LogP contribution in [0.25, 0.3) is 0 Å². The first-order valence-corrected chi connectivity index (χ1v) is 10.6. The molecule has 156 valence electrons. The van der Waals surface area contributed by atoms with E-state index in [0.717, 1.165) is 64.6 Å². The summed E-state index contributed by atoms with van der Waals surface area (Å²) < 4.78 is 17.2. The standard InChI is InChI=1S/C22H35N3O3/c1-3-23-21(25-17-22(2)11-4-12-28-22)24-15-18-5-7-19(8-6-18)16-27-20-9-13-26-14-10-20/h5-8,20H,3-4,9-17H2,1-2H3,(H2,23,24,25). The highest BCUT2D eigenvalue weighted by atomic mass is 16.5. The van der Waals surface area contributed by atoms with Crippen LogP contribution in [0.5, 0.6) is 0 Å². The second-order valence-electron chi connectivity index (χ2n) is 7.89. The average Bonchev–Trinajstić information content (AvgIpc) is 3.17. The molecule has 0 aliphatic carbocycles. The zero-order valence-electron chi connectivity index (χ0n) is 17.3. The van der Waals surface area contributed by atoms with Gasteiger partial charge in [0.2, 0.25) is 0 Å². The molecular weight excluding hydrogens is 354 g/mol. The normalized spacial score (nSPS) is 23.7. The Balaban J connectivity index is 1.46. The summed E-state index contributed by atoms with van der Waals surface area (Å²) in [6.45, 7) is 9.66. The van der Waals surface area contributed by atoms with Crippen LogP contribution in [0.2, 0.25) is 0 Å². The third kappa shape index (κ3) is 6.76. The first-order valence-electron chi connectivity index (χ1n) is 10.6. The molecule has 0 saturated carbocycles. The van der Waals surface area contributed by atoms with Gasteiger partial charge in [-0.1, -0.05) is 24.3 Å². The van der Waals surface area contributed by atoms with Gasteiger partial charge in [0, 0.05) is 32.9 Å². The Kier molecular flexibility index (Phi) is 8.13. The third-order valence-corrected chi connectivity index (χ3v) is 5.37. The first kappa shape index (κ1) is 21.1. The third-order valence-electron chi connectivity index (χ3n) is 5.37. The molecule has 2 aliphatic rings. The molecule has 2 fully saturated rings. The van der Waals surface area contributed by atoms with E-state index >= 15 is 0 Å². The molecule has 2 saturated heterocycles. The van der Waals surface area contributed by atoms with E-state index in [2.05, 4.69) is 48.7 Å². The molecule has 1 aromatic rings. The van der Waals surface area contributed by atoms with E-state index in [-0.39, 0.29) is 5.60 Å². The lowest BCUT2D eigenvalue weighted by atomic mass is 10.0. The second kappa shape index (κ2) is 10.8. The van der Waals surface area contributed by atoms with Crippen LogP contribution in [0.3, 0.4) is 0 Å². The van der Waals surface area contributed by atoms with Gasteiger partial charge < -0.3 is 24.8 Å². The van der Waals surface area contributed by atoms with Gasteiger partial charge in [-0.05, 0) is 50.7 Å². The summed E-state index contributed by atoms with van der Waals surface area (Å²) in [7, 11) is 0. The molecule has 2 heterocycles. The molecular formula is C22H35N3O3. The molecule has 1 unspecified atom stereocenters. The minimum absolute atomic E-state index is 0.0811. The maximum atomic E-state index is 5.99. The largest absolute Gasteiger partial charge is 0.381 e. The summed E-state index contributed by atoms with van der Waals surface area (Å²) in [6.07, 6.45) is 4.55. The van der Waals surface area contributed by atoms with Gasteiger partial charge in [0.1, 0.15) is 0 Å². The molecule has 0 radical (unpaired) electrons. The Labute approximate surface area is 169 Å². The number of hydrogen-bond acceptors (Lipinski definition) is 4. The van der Waals surface area contributed by atoms with Crippen molar-refractivity contribution in [1.29, 1.82) is 0 Å². The lowest BCUT2D eigenvalue weighted by molar-refractivity contribution is -0.0390. The van der Waals surface area contributed by atoms with Crippen molar-refractivity contribution in [3.8, 4) is 0 Å². The van der Waals surface area contributed by atoms with Crippen molar-refractivity contribution in [1.82, 2.24) is 10.6 Å². The van der Waals surface area contributed by atoms with Crippen molar-refractivity contribution < 1.29 is 14.2 Å². The fourth-order valence-corrected chi connectivity index (χ4v) is 3.56. The number of guanidine groups is 1. The second-order valence-corrected chi connectivity index (χ2v) is 7.89. The molecule has 0 aromatic heterocycles. The fraction of sp³-hybridized carbons (Fsp3) is 0.682. The van der Waals surface area contributed by atoms with Gasteiger partial charge in [-0.15, -0.1) is 0 Å².